The number of rotatable bonds is 1. The zero-order valence-electron chi connectivity index (χ0n) is 14.5. The maximum absolute atomic E-state index is 4.63. The highest BCUT2D eigenvalue weighted by atomic mass is 32.1. The van der Waals surface area contributed by atoms with Crippen LogP contribution in [0, 0.1) is 13.8 Å². The number of imidazole rings is 1. The lowest BCUT2D eigenvalue weighted by Gasteiger charge is -2.08. The molecule has 0 amide bonds. The van der Waals surface area contributed by atoms with E-state index in [0.717, 1.165) is 37.7 Å². The number of aromatic nitrogens is 5. The van der Waals surface area contributed by atoms with Crippen molar-refractivity contribution in [2.45, 2.75) is 33.1 Å². The molecule has 1 fully saturated rings. The summed E-state index contributed by atoms with van der Waals surface area (Å²) in [6.45, 7) is 6.54. The van der Waals surface area contributed by atoms with Crippen LogP contribution in [0.2, 0.25) is 0 Å². The summed E-state index contributed by atoms with van der Waals surface area (Å²) in [4.78, 5) is 6.69. The van der Waals surface area contributed by atoms with Crippen molar-refractivity contribution >= 4 is 27.2 Å². The van der Waals surface area contributed by atoms with Crippen molar-refractivity contribution in [3.8, 4) is 10.6 Å². The van der Waals surface area contributed by atoms with Gasteiger partial charge in [0.2, 0.25) is 0 Å². The fourth-order valence-electron chi connectivity index (χ4n) is 3.04. The molecule has 2 N–H and O–H groups in total. The van der Waals surface area contributed by atoms with Gasteiger partial charge in [-0.2, -0.15) is 10.2 Å². The summed E-state index contributed by atoms with van der Waals surface area (Å²) >= 11 is 1.67. The first kappa shape index (κ1) is 16.2. The van der Waals surface area contributed by atoms with E-state index >= 15 is 0 Å². The van der Waals surface area contributed by atoms with Crippen molar-refractivity contribution in [2.75, 3.05) is 13.1 Å². The second kappa shape index (κ2) is 6.93. The predicted octanol–water partition coefficient (Wildman–Crippen LogP) is 3.71. The SMILES string of the molecule is C1CCNCC1.Cc1cn2nc(-c3cc4cn[nH]c4s3)cc(C)c2n1. The molecule has 0 bridgehead atoms. The summed E-state index contributed by atoms with van der Waals surface area (Å²) in [6, 6.07) is 4.20. The maximum Gasteiger partial charge on any atom is 0.156 e. The Morgan fingerprint density at radius 3 is 2.64 bits per heavy atom. The van der Waals surface area contributed by atoms with E-state index in [4.69, 9.17) is 0 Å². The number of hydrogen-bond donors (Lipinski definition) is 2. The lowest BCUT2D eigenvalue weighted by molar-refractivity contribution is 0.520. The van der Waals surface area contributed by atoms with Gasteiger partial charge in [0.1, 0.15) is 10.5 Å². The minimum Gasteiger partial charge on any atom is -0.317 e. The summed E-state index contributed by atoms with van der Waals surface area (Å²) in [5.74, 6) is 0. The standard InChI is InChI=1S/C13H11N5S.C5H11N/c1-7-3-10(17-18-6-8(2)15-12(7)18)11-4-9-5-14-16-13(9)19-11;1-2-4-6-5-3-1/h3-6H,1-2H3,(H,14,16);6H,1-5H2. The third-order valence-corrected chi connectivity index (χ3v) is 5.40. The van der Waals surface area contributed by atoms with Crippen molar-refractivity contribution in [1.82, 2.24) is 30.1 Å². The summed E-state index contributed by atoms with van der Waals surface area (Å²) in [5, 5.41) is 16.0. The lowest BCUT2D eigenvalue weighted by atomic mass is 10.2. The van der Waals surface area contributed by atoms with Crippen LogP contribution in [0.25, 0.3) is 26.4 Å². The van der Waals surface area contributed by atoms with E-state index in [-0.39, 0.29) is 0 Å². The van der Waals surface area contributed by atoms with Crippen LogP contribution in [0.1, 0.15) is 30.5 Å². The highest BCUT2D eigenvalue weighted by molar-refractivity contribution is 7.21. The Kier molecular flexibility index (Phi) is 4.50. The van der Waals surface area contributed by atoms with Gasteiger partial charge in [-0.15, -0.1) is 11.3 Å². The van der Waals surface area contributed by atoms with Gasteiger partial charge in [0.05, 0.1) is 23.0 Å². The molecule has 25 heavy (non-hydrogen) atoms. The van der Waals surface area contributed by atoms with E-state index < -0.39 is 0 Å². The molecule has 4 aromatic rings. The van der Waals surface area contributed by atoms with Gasteiger partial charge in [0.15, 0.2) is 5.65 Å². The number of fused-ring (bicyclic) bond motifs is 2. The second-order valence-corrected chi connectivity index (χ2v) is 7.49. The molecule has 0 aliphatic carbocycles. The zero-order valence-corrected chi connectivity index (χ0v) is 15.4. The number of aryl methyl sites for hydroxylation is 2. The zero-order chi connectivity index (χ0) is 17.2. The molecule has 1 aliphatic rings. The summed E-state index contributed by atoms with van der Waals surface area (Å²) < 4.78 is 1.85. The van der Waals surface area contributed by atoms with Crippen LogP contribution < -0.4 is 5.32 Å². The van der Waals surface area contributed by atoms with Crippen molar-refractivity contribution in [1.29, 1.82) is 0 Å². The molecule has 0 aromatic carbocycles. The maximum atomic E-state index is 4.63. The first-order valence-electron chi connectivity index (χ1n) is 8.68. The van der Waals surface area contributed by atoms with Crippen molar-refractivity contribution < 1.29 is 0 Å². The van der Waals surface area contributed by atoms with Gasteiger partial charge in [0.25, 0.3) is 0 Å². The molecule has 4 aromatic heterocycles. The molecule has 6 nitrogen and oxygen atoms in total. The van der Waals surface area contributed by atoms with Crippen molar-refractivity contribution in [3.05, 3.63) is 35.8 Å². The number of nitrogens with one attached hydrogen (secondary N) is 2. The van der Waals surface area contributed by atoms with E-state index in [0.29, 0.717) is 0 Å². The fraction of sp³-hybridized carbons (Fsp3) is 0.389. The highest BCUT2D eigenvalue weighted by Gasteiger charge is 2.10. The van der Waals surface area contributed by atoms with Crippen LogP contribution in [0.5, 0.6) is 0 Å². The predicted molar refractivity (Wildman–Crippen MR) is 102 cm³/mol. The Bertz CT molecular complexity index is 952. The van der Waals surface area contributed by atoms with E-state index in [9.17, 15) is 0 Å². The normalized spacial score (nSPS) is 14.6. The molecule has 1 aliphatic heterocycles. The van der Waals surface area contributed by atoms with E-state index in [1.165, 1.54) is 32.4 Å². The minimum atomic E-state index is 0.921. The average molecular weight is 354 g/mol. The molecular formula is C18H22N6S. The number of nitrogens with zero attached hydrogens (tertiary/aromatic N) is 4. The molecule has 0 spiro atoms. The minimum absolute atomic E-state index is 0.921. The smallest absolute Gasteiger partial charge is 0.156 e. The number of piperidine rings is 1. The van der Waals surface area contributed by atoms with Crippen molar-refractivity contribution in [3.63, 3.8) is 0 Å². The lowest BCUT2D eigenvalue weighted by Crippen LogP contribution is -2.21. The number of thiophene rings is 1. The van der Waals surface area contributed by atoms with Crippen LogP contribution in [-0.2, 0) is 0 Å². The molecule has 130 valence electrons. The Balaban J connectivity index is 0.000000223. The van der Waals surface area contributed by atoms with E-state index in [2.05, 4.69) is 44.7 Å². The van der Waals surface area contributed by atoms with Crippen LogP contribution in [0.4, 0.5) is 0 Å². The second-order valence-electron chi connectivity index (χ2n) is 6.44. The largest absolute Gasteiger partial charge is 0.317 e. The molecule has 5 rings (SSSR count). The molecule has 5 heterocycles. The molecule has 0 radical (unpaired) electrons. The van der Waals surface area contributed by atoms with Crippen LogP contribution in [0.3, 0.4) is 0 Å². The van der Waals surface area contributed by atoms with Gasteiger partial charge in [-0.1, -0.05) is 6.42 Å². The quantitative estimate of drug-likeness (QED) is 0.547. The average Bonchev–Trinajstić information content (AvgIpc) is 3.30. The fourth-order valence-corrected chi connectivity index (χ4v) is 3.98. The molecule has 0 atom stereocenters. The van der Waals surface area contributed by atoms with Gasteiger partial charge in [-0.3, -0.25) is 5.10 Å². The van der Waals surface area contributed by atoms with Gasteiger partial charge in [0, 0.05) is 5.39 Å². The monoisotopic (exact) mass is 354 g/mol. The summed E-state index contributed by atoms with van der Waals surface area (Å²) in [5.41, 5.74) is 4.01. The summed E-state index contributed by atoms with van der Waals surface area (Å²) in [6.07, 6.45) is 8.00. The van der Waals surface area contributed by atoms with E-state index in [1.807, 2.05) is 23.8 Å². The number of hydrogen-bond acceptors (Lipinski definition) is 5. The number of H-pyrrole nitrogens is 1. The van der Waals surface area contributed by atoms with Crippen LogP contribution in [-0.4, -0.2) is 37.9 Å². The molecule has 1 saturated heterocycles. The van der Waals surface area contributed by atoms with Gasteiger partial charge in [-0.25, -0.2) is 9.50 Å². The van der Waals surface area contributed by atoms with E-state index in [1.54, 1.807) is 11.3 Å². The molecule has 0 unspecified atom stereocenters. The summed E-state index contributed by atoms with van der Waals surface area (Å²) in [7, 11) is 0. The van der Waals surface area contributed by atoms with Crippen LogP contribution >= 0.6 is 11.3 Å². The molecule has 0 saturated carbocycles. The topological polar surface area (TPSA) is 70.9 Å². The Morgan fingerprint density at radius 1 is 1.12 bits per heavy atom. The first-order chi connectivity index (χ1) is 12.2. The van der Waals surface area contributed by atoms with Gasteiger partial charge >= 0.3 is 0 Å². The third-order valence-electron chi connectivity index (χ3n) is 4.32. The van der Waals surface area contributed by atoms with Crippen LogP contribution in [0.15, 0.2) is 24.5 Å². The number of aromatic amines is 1. The molecular weight excluding hydrogens is 332 g/mol. The Labute approximate surface area is 150 Å². The third kappa shape index (κ3) is 3.43. The molecule has 7 heteroatoms. The first-order valence-corrected chi connectivity index (χ1v) is 9.50. The highest BCUT2D eigenvalue weighted by Crippen LogP contribution is 2.31. The Hall–Kier alpha value is -2.25. The Morgan fingerprint density at radius 2 is 1.96 bits per heavy atom. The van der Waals surface area contributed by atoms with Gasteiger partial charge in [-0.05, 0) is 57.5 Å². The van der Waals surface area contributed by atoms with Crippen molar-refractivity contribution in [2.24, 2.45) is 0 Å². The van der Waals surface area contributed by atoms with Gasteiger partial charge < -0.3 is 5.32 Å².